The van der Waals surface area contributed by atoms with Crippen molar-refractivity contribution in [3.8, 4) is 0 Å². The average Bonchev–Trinajstić information content (AvgIpc) is 2.68. The lowest BCUT2D eigenvalue weighted by atomic mass is 9.98. The monoisotopic (exact) mass is 231 g/mol. The third kappa shape index (κ3) is 2.05. The molecule has 0 amide bonds. The number of fused-ring (bicyclic) bond motifs is 1. The first kappa shape index (κ1) is 10.7. The zero-order valence-corrected chi connectivity index (χ0v) is 10.1. The fourth-order valence-electron chi connectivity index (χ4n) is 2.48. The predicted molar refractivity (Wildman–Crippen MR) is 65.8 cm³/mol. The molecule has 1 saturated heterocycles. The van der Waals surface area contributed by atoms with Gasteiger partial charge in [-0.3, -0.25) is 0 Å². The fourth-order valence-corrected chi connectivity index (χ4v) is 2.48. The van der Waals surface area contributed by atoms with Crippen LogP contribution in [0.15, 0.2) is 18.3 Å². The van der Waals surface area contributed by atoms with E-state index in [2.05, 4.69) is 14.5 Å². The molecule has 17 heavy (non-hydrogen) atoms. The molecular weight excluding hydrogens is 214 g/mol. The van der Waals surface area contributed by atoms with Crippen molar-refractivity contribution in [2.24, 2.45) is 13.0 Å². The lowest BCUT2D eigenvalue weighted by molar-refractivity contribution is 0.0541. The molecule has 1 aliphatic rings. The maximum absolute atomic E-state index is 5.52. The van der Waals surface area contributed by atoms with Crippen LogP contribution in [0, 0.1) is 5.92 Å². The van der Waals surface area contributed by atoms with Crippen molar-refractivity contribution in [3.63, 3.8) is 0 Å². The molecule has 4 nitrogen and oxygen atoms in total. The molecule has 90 valence electrons. The van der Waals surface area contributed by atoms with Crippen LogP contribution in [-0.2, 0) is 18.2 Å². The Morgan fingerprint density at radius 1 is 1.53 bits per heavy atom. The Labute approximate surface area is 101 Å². The van der Waals surface area contributed by atoms with Gasteiger partial charge in [-0.05, 0) is 30.9 Å². The van der Waals surface area contributed by atoms with E-state index in [1.807, 2.05) is 25.4 Å². The van der Waals surface area contributed by atoms with Gasteiger partial charge in [0.1, 0.15) is 11.3 Å². The second-order valence-corrected chi connectivity index (χ2v) is 4.72. The SMILES string of the molecule is Cn1c(CC2CCCOC2)nc2cccnc21. The summed E-state index contributed by atoms with van der Waals surface area (Å²) in [4.78, 5) is 9.01. The third-order valence-electron chi connectivity index (χ3n) is 3.45. The van der Waals surface area contributed by atoms with Crippen LogP contribution in [0.4, 0.5) is 0 Å². The van der Waals surface area contributed by atoms with E-state index in [0.29, 0.717) is 5.92 Å². The Balaban J connectivity index is 1.87. The summed E-state index contributed by atoms with van der Waals surface area (Å²) in [6, 6.07) is 3.95. The molecule has 1 fully saturated rings. The molecule has 2 aromatic rings. The minimum Gasteiger partial charge on any atom is -0.381 e. The molecule has 1 aliphatic heterocycles. The number of hydrogen-bond donors (Lipinski definition) is 0. The number of nitrogens with zero attached hydrogens (tertiary/aromatic N) is 3. The van der Waals surface area contributed by atoms with Gasteiger partial charge in [0.2, 0.25) is 0 Å². The van der Waals surface area contributed by atoms with E-state index in [-0.39, 0.29) is 0 Å². The van der Waals surface area contributed by atoms with Gasteiger partial charge in [0, 0.05) is 32.9 Å². The second-order valence-electron chi connectivity index (χ2n) is 4.72. The van der Waals surface area contributed by atoms with E-state index >= 15 is 0 Å². The summed E-state index contributed by atoms with van der Waals surface area (Å²) in [5, 5.41) is 0. The van der Waals surface area contributed by atoms with Crippen molar-refractivity contribution in [3.05, 3.63) is 24.2 Å². The van der Waals surface area contributed by atoms with E-state index in [1.54, 1.807) is 0 Å². The maximum atomic E-state index is 5.52. The van der Waals surface area contributed by atoms with Gasteiger partial charge in [-0.15, -0.1) is 0 Å². The van der Waals surface area contributed by atoms with Crippen molar-refractivity contribution in [1.29, 1.82) is 0 Å². The van der Waals surface area contributed by atoms with Crippen LogP contribution in [0.2, 0.25) is 0 Å². The van der Waals surface area contributed by atoms with Crippen molar-refractivity contribution in [1.82, 2.24) is 14.5 Å². The van der Waals surface area contributed by atoms with E-state index < -0.39 is 0 Å². The quantitative estimate of drug-likeness (QED) is 0.793. The smallest absolute Gasteiger partial charge is 0.159 e. The van der Waals surface area contributed by atoms with Gasteiger partial charge in [0.05, 0.1) is 0 Å². The molecule has 1 unspecified atom stereocenters. The molecule has 1 atom stereocenters. The van der Waals surface area contributed by atoms with Crippen molar-refractivity contribution < 1.29 is 4.74 Å². The van der Waals surface area contributed by atoms with Crippen molar-refractivity contribution >= 4 is 11.2 Å². The summed E-state index contributed by atoms with van der Waals surface area (Å²) in [6.07, 6.45) is 5.23. The molecule has 4 heteroatoms. The molecule has 0 radical (unpaired) electrons. The molecular formula is C13H17N3O. The van der Waals surface area contributed by atoms with E-state index in [9.17, 15) is 0 Å². The number of pyridine rings is 1. The number of ether oxygens (including phenoxy) is 1. The molecule has 0 bridgehead atoms. The summed E-state index contributed by atoms with van der Waals surface area (Å²) in [5.74, 6) is 1.73. The highest BCUT2D eigenvalue weighted by Crippen LogP contribution is 2.20. The minimum atomic E-state index is 0.610. The van der Waals surface area contributed by atoms with Crippen LogP contribution in [0.1, 0.15) is 18.7 Å². The lowest BCUT2D eigenvalue weighted by Gasteiger charge is -2.21. The summed E-state index contributed by atoms with van der Waals surface area (Å²) in [7, 11) is 2.04. The molecule has 0 spiro atoms. The highest BCUT2D eigenvalue weighted by atomic mass is 16.5. The third-order valence-corrected chi connectivity index (χ3v) is 3.45. The highest BCUT2D eigenvalue weighted by molar-refractivity contribution is 5.70. The fraction of sp³-hybridized carbons (Fsp3) is 0.538. The average molecular weight is 231 g/mol. The van der Waals surface area contributed by atoms with Gasteiger partial charge >= 0.3 is 0 Å². The Kier molecular flexibility index (Phi) is 2.81. The van der Waals surface area contributed by atoms with Crippen molar-refractivity contribution in [2.75, 3.05) is 13.2 Å². The van der Waals surface area contributed by atoms with Gasteiger partial charge in [-0.25, -0.2) is 9.97 Å². The zero-order chi connectivity index (χ0) is 11.7. The van der Waals surface area contributed by atoms with Gasteiger partial charge in [0.25, 0.3) is 0 Å². The molecule has 3 heterocycles. The Bertz CT molecular complexity index is 514. The Morgan fingerprint density at radius 3 is 3.24 bits per heavy atom. The highest BCUT2D eigenvalue weighted by Gasteiger charge is 2.18. The summed E-state index contributed by atoms with van der Waals surface area (Å²) >= 11 is 0. The van der Waals surface area contributed by atoms with E-state index in [0.717, 1.165) is 36.6 Å². The van der Waals surface area contributed by atoms with Gasteiger partial charge in [0.15, 0.2) is 5.65 Å². The molecule has 3 rings (SSSR count). The van der Waals surface area contributed by atoms with Crippen LogP contribution in [0.5, 0.6) is 0 Å². The molecule has 0 aromatic carbocycles. The summed E-state index contributed by atoms with van der Waals surface area (Å²) in [5.41, 5.74) is 1.96. The Hall–Kier alpha value is -1.42. The standard InChI is InChI=1S/C13H17N3O/c1-16-12(8-10-4-3-7-17-9-10)15-11-5-2-6-14-13(11)16/h2,5-6,10H,3-4,7-9H2,1H3. The molecule has 0 saturated carbocycles. The second kappa shape index (κ2) is 4.45. The number of imidazole rings is 1. The molecule has 0 N–H and O–H groups in total. The lowest BCUT2D eigenvalue weighted by Crippen LogP contribution is -2.20. The Morgan fingerprint density at radius 2 is 2.47 bits per heavy atom. The van der Waals surface area contributed by atoms with Crippen LogP contribution < -0.4 is 0 Å². The largest absolute Gasteiger partial charge is 0.381 e. The van der Waals surface area contributed by atoms with Gasteiger partial charge in [-0.1, -0.05) is 0 Å². The summed E-state index contributed by atoms with van der Waals surface area (Å²) in [6.45, 7) is 1.79. The zero-order valence-electron chi connectivity index (χ0n) is 10.1. The summed E-state index contributed by atoms with van der Waals surface area (Å²) < 4.78 is 7.62. The van der Waals surface area contributed by atoms with Crippen LogP contribution in [0.3, 0.4) is 0 Å². The van der Waals surface area contributed by atoms with E-state index in [4.69, 9.17) is 4.74 Å². The first-order valence-electron chi connectivity index (χ1n) is 6.18. The van der Waals surface area contributed by atoms with Crippen LogP contribution >= 0.6 is 0 Å². The van der Waals surface area contributed by atoms with Crippen molar-refractivity contribution in [2.45, 2.75) is 19.3 Å². The molecule has 0 aliphatic carbocycles. The topological polar surface area (TPSA) is 39.9 Å². The first-order valence-corrected chi connectivity index (χ1v) is 6.18. The number of hydrogen-bond acceptors (Lipinski definition) is 3. The first-order chi connectivity index (χ1) is 8.34. The number of rotatable bonds is 2. The van der Waals surface area contributed by atoms with E-state index in [1.165, 1.54) is 12.8 Å². The normalized spacial score (nSPS) is 20.9. The number of aromatic nitrogens is 3. The van der Waals surface area contributed by atoms with Gasteiger partial charge in [-0.2, -0.15) is 0 Å². The maximum Gasteiger partial charge on any atom is 0.159 e. The number of aryl methyl sites for hydroxylation is 1. The van der Waals surface area contributed by atoms with Crippen LogP contribution in [-0.4, -0.2) is 27.7 Å². The minimum absolute atomic E-state index is 0.610. The van der Waals surface area contributed by atoms with Crippen LogP contribution in [0.25, 0.3) is 11.2 Å². The predicted octanol–water partition coefficient (Wildman–Crippen LogP) is 1.94. The molecule has 2 aromatic heterocycles. The van der Waals surface area contributed by atoms with Gasteiger partial charge < -0.3 is 9.30 Å².